The molecule has 2 aromatic rings. The summed E-state index contributed by atoms with van der Waals surface area (Å²) in [6.07, 6.45) is 2.27. The summed E-state index contributed by atoms with van der Waals surface area (Å²) >= 11 is 0. The molecule has 0 saturated carbocycles. The Balaban J connectivity index is 1.91. The second kappa shape index (κ2) is 4.57. The molecule has 0 bridgehead atoms. The van der Waals surface area contributed by atoms with Crippen molar-refractivity contribution < 1.29 is 5.11 Å². The molecule has 2 aromatic heterocycles. The molecule has 0 spiro atoms. The molecule has 1 saturated heterocycles. The van der Waals surface area contributed by atoms with Crippen molar-refractivity contribution >= 4 is 22.9 Å². The smallest absolute Gasteiger partial charge is 0.224 e. The van der Waals surface area contributed by atoms with Crippen LogP contribution in [0.15, 0.2) is 6.33 Å². The molecule has 0 radical (unpaired) electrons. The minimum absolute atomic E-state index is 0.197. The average molecular weight is 277 g/mol. The Hall–Kier alpha value is -1.93. The number of hydrogen-bond donors (Lipinski definition) is 3. The largest absolute Gasteiger partial charge is 0.387 e. The molecule has 8 heteroatoms. The number of nitrogen functional groups attached to an aromatic ring is 1. The fraction of sp³-hybridized carbons (Fsp3) is 0.583. The van der Waals surface area contributed by atoms with Crippen molar-refractivity contribution in [3.8, 4) is 0 Å². The minimum atomic E-state index is -0.727. The summed E-state index contributed by atoms with van der Waals surface area (Å²) in [6.45, 7) is 1.88. The molecule has 108 valence electrons. The lowest BCUT2D eigenvalue weighted by Crippen LogP contribution is -2.42. The normalized spacial score (nSPS) is 23.1. The summed E-state index contributed by atoms with van der Waals surface area (Å²) in [5, 5.41) is 10.6. The van der Waals surface area contributed by atoms with Gasteiger partial charge >= 0.3 is 0 Å². The van der Waals surface area contributed by atoms with E-state index in [1.165, 1.54) is 0 Å². The van der Waals surface area contributed by atoms with Gasteiger partial charge in [-0.05, 0) is 20.5 Å². The standard InChI is InChI=1S/C12H19N7O/c1-18(2)5-12(20)3-4-19(6-12)10-8-9(15-7-14-8)16-11(13)17-10/h7,20H,3-6H2,1-2H3,(H3,13,14,15,16,17)/t12-/m0/s1. The number of rotatable bonds is 3. The van der Waals surface area contributed by atoms with E-state index in [0.29, 0.717) is 31.0 Å². The maximum absolute atomic E-state index is 10.6. The van der Waals surface area contributed by atoms with E-state index in [-0.39, 0.29) is 5.95 Å². The van der Waals surface area contributed by atoms with E-state index < -0.39 is 5.60 Å². The van der Waals surface area contributed by atoms with E-state index in [0.717, 1.165) is 12.1 Å². The highest BCUT2D eigenvalue weighted by Gasteiger charge is 2.37. The van der Waals surface area contributed by atoms with E-state index >= 15 is 0 Å². The van der Waals surface area contributed by atoms with Crippen molar-refractivity contribution in [2.45, 2.75) is 12.0 Å². The van der Waals surface area contributed by atoms with Crippen molar-refractivity contribution in [1.82, 2.24) is 24.8 Å². The van der Waals surface area contributed by atoms with Gasteiger partial charge in [-0.2, -0.15) is 9.97 Å². The number of aromatic amines is 1. The fourth-order valence-corrected chi connectivity index (χ4v) is 2.82. The van der Waals surface area contributed by atoms with E-state index in [1.807, 2.05) is 23.9 Å². The molecule has 8 nitrogen and oxygen atoms in total. The predicted molar refractivity (Wildman–Crippen MR) is 76.4 cm³/mol. The summed E-state index contributed by atoms with van der Waals surface area (Å²) in [4.78, 5) is 19.5. The maximum Gasteiger partial charge on any atom is 0.224 e. The minimum Gasteiger partial charge on any atom is -0.387 e. The van der Waals surface area contributed by atoms with Crippen LogP contribution >= 0.6 is 0 Å². The lowest BCUT2D eigenvalue weighted by Gasteiger charge is -2.27. The average Bonchev–Trinajstić information content (AvgIpc) is 2.93. The first-order valence-corrected chi connectivity index (χ1v) is 6.55. The monoisotopic (exact) mass is 277 g/mol. The van der Waals surface area contributed by atoms with Gasteiger partial charge in [0.1, 0.15) is 5.52 Å². The zero-order chi connectivity index (χ0) is 14.3. The third-order valence-electron chi connectivity index (χ3n) is 3.53. The summed E-state index contributed by atoms with van der Waals surface area (Å²) in [6, 6.07) is 0. The lowest BCUT2D eigenvalue weighted by molar-refractivity contribution is 0.0366. The topological polar surface area (TPSA) is 107 Å². The number of aromatic nitrogens is 4. The van der Waals surface area contributed by atoms with E-state index in [4.69, 9.17) is 5.73 Å². The summed E-state index contributed by atoms with van der Waals surface area (Å²) in [5.74, 6) is 0.905. The van der Waals surface area contributed by atoms with E-state index in [2.05, 4.69) is 19.9 Å². The number of nitrogens with one attached hydrogen (secondary N) is 1. The highest BCUT2D eigenvalue weighted by Crippen LogP contribution is 2.29. The number of H-pyrrole nitrogens is 1. The fourth-order valence-electron chi connectivity index (χ4n) is 2.82. The molecule has 0 amide bonds. The molecule has 1 atom stereocenters. The molecule has 0 aliphatic carbocycles. The number of nitrogens with zero attached hydrogens (tertiary/aromatic N) is 5. The number of fused-ring (bicyclic) bond motifs is 1. The van der Waals surface area contributed by atoms with Crippen LogP contribution < -0.4 is 10.6 Å². The third-order valence-corrected chi connectivity index (χ3v) is 3.53. The number of anilines is 2. The van der Waals surface area contributed by atoms with Gasteiger partial charge in [0.25, 0.3) is 0 Å². The Morgan fingerprint density at radius 1 is 1.50 bits per heavy atom. The summed E-state index contributed by atoms with van der Waals surface area (Å²) < 4.78 is 0. The molecule has 3 rings (SSSR count). The van der Waals surface area contributed by atoms with Crippen LogP contribution in [0, 0.1) is 0 Å². The number of likely N-dealkylation sites (N-methyl/N-ethyl adjacent to an activating group) is 1. The van der Waals surface area contributed by atoms with Gasteiger partial charge in [0, 0.05) is 19.6 Å². The molecule has 0 aromatic carbocycles. The molecular formula is C12H19N7O. The molecule has 0 unspecified atom stereocenters. The molecule has 20 heavy (non-hydrogen) atoms. The van der Waals surface area contributed by atoms with Gasteiger partial charge in [-0.1, -0.05) is 0 Å². The second-order valence-corrected chi connectivity index (χ2v) is 5.64. The molecule has 1 aliphatic heterocycles. The third kappa shape index (κ3) is 2.27. The van der Waals surface area contributed by atoms with Crippen LogP contribution in [0.25, 0.3) is 11.2 Å². The van der Waals surface area contributed by atoms with Crippen LogP contribution in [0.2, 0.25) is 0 Å². The van der Waals surface area contributed by atoms with Crippen molar-refractivity contribution in [2.75, 3.05) is 44.4 Å². The second-order valence-electron chi connectivity index (χ2n) is 5.64. The van der Waals surface area contributed by atoms with Gasteiger partial charge in [0.05, 0.1) is 11.9 Å². The molecular weight excluding hydrogens is 258 g/mol. The van der Waals surface area contributed by atoms with Crippen molar-refractivity contribution in [2.24, 2.45) is 0 Å². The number of imidazole rings is 1. The molecule has 3 heterocycles. The zero-order valence-electron chi connectivity index (χ0n) is 11.7. The van der Waals surface area contributed by atoms with Crippen LogP contribution in [0.3, 0.4) is 0 Å². The van der Waals surface area contributed by atoms with E-state index in [1.54, 1.807) is 6.33 Å². The summed E-state index contributed by atoms with van der Waals surface area (Å²) in [5.41, 5.74) is 6.31. The maximum atomic E-state index is 10.6. The Kier molecular flexibility index (Phi) is 2.98. The van der Waals surface area contributed by atoms with Crippen molar-refractivity contribution in [3.05, 3.63) is 6.33 Å². The Morgan fingerprint density at radius 3 is 3.05 bits per heavy atom. The van der Waals surface area contributed by atoms with Crippen LogP contribution in [-0.2, 0) is 0 Å². The van der Waals surface area contributed by atoms with Crippen molar-refractivity contribution in [1.29, 1.82) is 0 Å². The number of β-amino-alcohol motifs (C(OH)–C–C–N with tert-alkyl or cyclic N) is 1. The number of hydrogen-bond acceptors (Lipinski definition) is 7. The number of aliphatic hydroxyl groups is 1. The SMILES string of the molecule is CN(C)C[C@@]1(O)CCN(c2nc(N)nc3nc[nH]c23)C1. The predicted octanol–water partition coefficient (Wildman–Crippen LogP) is -0.562. The number of nitrogens with two attached hydrogens (primary N) is 1. The van der Waals surface area contributed by atoms with Gasteiger partial charge in [-0.3, -0.25) is 0 Å². The first-order chi connectivity index (χ1) is 9.47. The Bertz CT molecular complexity index is 625. The van der Waals surface area contributed by atoms with Crippen LogP contribution in [-0.4, -0.2) is 69.3 Å². The Labute approximate surface area is 116 Å². The first kappa shape index (κ1) is 13.1. The van der Waals surface area contributed by atoms with Gasteiger partial charge in [-0.15, -0.1) is 0 Å². The van der Waals surface area contributed by atoms with Crippen LogP contribution in [0.1, 0.15) is 6.42 Å². The van der Waals surface area contributed by atoms with Gasteiger partial charge in [0.2, 0.25) is 5.95 Å². The zero-order valence-corrected chi connectivity index (χ0v) is 11.7. The highest BCUT2D eigenvalue weighted by atomic mass is 16.3. The van der Waals surface area contributed by atoms with E-state index in [9.17, 15) is 5.11 Å². The molecule has 4 N–H and O–H groups in total. The molecule has 1 fully saturated rings. The van der Waals surface area contributed by atoms with Gasteiger partial charge < -0.3 is 25.6 Å². The van der Waals surface area contributed by atoms with Crippen LogP contribution in [0.4, 0.5) is 11.8 Å². The molecule has 1 aliphatic rings. The van der Waals surface area contributed by atoms with Crippen LogP contribution in [0.5, 0.6) is 0 Å². The first-order valence-electron chi connectivity index (χ1n) is 6.55. The van der Waals surface area contributed by atoms with Crippen molar-refractivity contribution in [3.63, 3.8) is 0 Å². The quantitative estimate of drug-likeness (QED) is 0.690. The summed E-state index contributed by atoms with van der Waals surface area (Å²) in [7, 11) is 3.91. The van der Waals surface area contributed by atoms with Gasteiger partial charge in [-0.25, -0.2) is 4.98 Å². The lowest BCUT2D eigenvalue weighted by atomic mass is 10.0. The van der Waals surface area contributed by atoms with Gasteiger partial charge in [0.15, 0.2) is 11.5 Å². The highest BCUT2D eigenvalue weighted by molar-refractivity contribution is 5.84. The Morgan fingerprint density at radius 2 is 2.30 bits per heavy atom.